The van der Waals surface area contributed by atoms with E-state index in [1.807, 2.05) is 37.5 Å². The van der Waals surface area contributed by atoms with Crippen molar-refractivity contribution in [1.82, 2.24) is 15.0 Å². The Balaban J connectivity index is 1.35. The molecule has 0 unspecified atom stereocenters. The molecule has 0 saturated carbocycles. The van der Waals surface area contributed by atoms with Crippen molar-refractivity contribution >= 4 is 17.6 Å². The van der Waals surface area contributed by atoms with Gasteiger partial charge in [0.15, 0.2) is 0 Å². The molecule has 0 amide bonds. The Labute approximate surface area is 153 Å². The Kier molecular flexibility index (Phi) is 4.64. The Morgan fingerprint density at radius 1 is 0.962 bits per heavy atom. The molecule has 0 bridgehead atoms. The topological polar surface area (TPSA) is 57.2 Å². The lowest BCUT2D eigenvalue weighted by molar-refractivity contribution is 0.845. The SMILES string of the molecule is CN(CCNc1nccc(N2Cc3ccccc3C2)n1)c1ccccn1. The molecule has 1 N–H and O–H groups in total. The van der Waals surface area contributed by atoms with E-state index in [9.17, 15) is 0 Å². The van der Waals surface area contributed by atoms with E-state index in [-0.39, 0.29) is 0 Å². The molecule has 26 heavy (non-hydrogen) atoms. The van der Waals surface area contributed by atoms with Crippen LogP contribution < -0.4 is 15.1 Å². The smallest absolute Gasteiger partial charge is 0.224 e. The van der Waals surface area contributed by atoms with E-state index < -0.39 is 0 Å². The highest BCUT2D eigenvalue weighted by molar-refractivity contribution is 5.49. The molecule has 3 aromatic rings. The van der Waals surface area contributed by atoms with Crippen molar-refractivity contribution < 1.29 is 0 Å². The molecule has 6 heteroatoms. The van der Waals surface area contributed by atoms with E-state index in [2.05, 4.69) is 54.3 Å². The van der Waals surface area contributed by atoms with Gasteiger partial charge in [0.05, 0.1) is 0 Å². The summed E-state index contributed by atoms with van der Waals surface area (Å²) in [6.07, 6.45) is 3.62. The number of anilines is 3. The number of aromatic nitrogens is 3. The molecule has 4 rings (SSSR count). The van der Waals surface area contributed by atoms with E-state index in [0.717, 1.165) is 37.8 Å². The minimum absolute atomic E-state index is 0.660. The third-order valence-electron chi connectivity index (χ3n) is 4.58. The van der Waals surface area contributed by atoms with Crippen molar-refractivity contribution in [2.45, 2.75) is 13.1 Å². The number of hydrogen-bond acceptors (Lipinski definition) is 6. The van der Waals surface area contributed by atoms with Gasteiger partial charge < -0.3 is 15.1 Å². The van der Waals surface area contributed by atoms with Gasteiger partial charge in [-0.2, -0.15) is 4.98 Å². The molecule has 0 aliphatic carbocycles. The van der Waals surface area contributed by atoms with Crippen molar-refractivity contribution in [2.24, 2.45) is 0 Å². The standard InChI is InChI=1S/C20H22N6/c1-25(18-8-4-5-10-21-18)13-12-23-20-22-11-9-19(24-20)26-14-16-6-2-3-7-17(16)15-26/h2-11H,12-15H2,1H3,(H,22,23,24). The normalized spacial score (nSPS) is 12.7. The Morgan fingerprint density at radius 2 is 1.73 bits per heavy atom. The van der Waals surface area contributed by atoms with Crippen molar-refractivity contribution in [2.75, 3.05) is 35.3 Å². The number of likely N-dealkylation sites (N-methyl/N-ethyl adjacent to an activating group) is 1. The molecule has 3 heterocycles. The summed E-state index contributed by atoms with van der Waals surface area (Å²) in [5, 5.41) is 3.31. The van der Waals surface area contributed by atoms with Gasteiger partial charge in [-0.3, -0.25) is 0 Å². The van der Waals surface area contributed by atoms with Crippen LogP contribution in [-0.4, -0.2) is 35.1 Å². The first-order valence-corrected chi connectivity index (χ1v) is 8.80. The predicted octanol–water partition coefficient (Wildman–Crippen LogP) is 2.94. The first-order valence-electron chi connectivity index (χ1n) is 8.80. The molecule has 0 radical (unpaired) electrons. The number of nitrogens with zero attached hydrogens (tertiary/aromatic N) is 5. The molecule has 132 valence electrons. The average molecular weight is 346 g/mol. The van der Waals surface area contributed by atoms with Crippen LogP contribution in [0.1, 0.15) is 11.1 Å². The molecular formula is C20H22N6. The van der Waals surface area contributed by atoms with Crippen molar-refractivity contribution in [3.63, 3.8) is 0 Å². The zero-order valence-electron chi connectivity index (χ0n) is 14.8. The summed E-state index contributed by atoms with van der Waals surface area (Å²) in [6.45, 7) is 3.36. The minimum Gasteiger partial charge on any atom is -0.358 e. The number of nitrogens with one attached hydrogen (secondary N) is 1. The molecule has 1 aromatic carbocycles. The van der Waals surface area contributed by atoms with Crippen LogP contribution in [0.3, 0.4) is 0 Å². The molecule has 0 spiro atoms. The number of hydrogen-bond donors (Lipinski definition) is 1. The van der Waals surface area contributed by atoms with Crippen LogP contribution in [0, 0.1) is 0 Å². The first kappa shape index (κ1) is 16.3. The maximum Gasteiger partial charge on any atom is 0.224 e. The van der Waals surface area contributed by atoms with E-state index in [4.69, 9.17) is 0 Å². The maximum absolute atomic E-state index is 4.68. The van der Waals surface area contributed by atoms with Crippen molar-refractivity contribution in [3.8, 4) is 0 Å². The minimum atomic E-state index is 0.660. The second kappa shape index (κ2) is 7.39. The van der Waals surface area contributed by atoms with Gasteiger partial charge in [-0.25, -0.2) is 9.97 Å². The van der Waals surface area contributed by atoms with Crippen LogP contribution in [0.4, 0.5) is 17.6 Å². The summed E-state index contributed by atoms with van der Waals surface area (Å²) in [4.78, 5) is 17.8. The van der Waals surface area contributed by atoms with Crippen LogP contribution in [0.25, 0.3) is 0 Å². The quantitative estimate of drug-likeness (QED) is 0.741. The molecule has 1 aliphatic heterocycles. The van der Waals surface area contributed by atoms with Crippen LogP contribution in [0.15, 0.2) is 60.9 Å². The van der Waals surface area contributed by atoms with E-state index in [1.165, 1.54) is 11.1 Å². The Bertz CT molecular complexity index is 842. The Morgan fingerprint density at radius 3 is 2.46 bits per heavy atom. The second-order valence-electron chi connectivity index (χ2n) is 6.40. The van der Waals surface area contributed by atoms with Crippen molar-refractivity contribution in [3.05, 3.63) is 72.1 Å². The van der Waals surface area contributed by atoms with Gasteiger partial charge in [-0.05, 0) is 29.3 Å². The number of pyridine rings is 1. The highest BCUT2D eigenvalue weighted by Gasteiger charge is 2.19. The summed E-state index contributed by atoms with van der Waals surface area (Å²) >= 11 is 0. The fraction of sp³-hybridized carbons (Fsp3) is 0.250. The highest BCUT2D eigenvalue weighted by Crippen LogP contribution is 2.26. The summed E-state index contributed by atoms with van der Waals surface area (Å²) in [5.74, 6) is 2.57. The largest absolute Gasteiger partial charge is 0.358 e. The van der Waals surface area contributed by atoms with E-state index in [0.29, 0.717) is 5.95 Å². The predicted molar refractivity (Wildman–Crippen MR) is 104 cm³/mol. The molecule has 0 atom stereocenters. The van der Waals surface area contributed by atoms with Gasteiger partial charge in [0.25, 0.3) is 0 Å². The molecule has 2 aromatic heterocycles. The van der Waals surface area contributed by atoms with E-state index >= 15 is 0 Å². The van der Waals surface area contributed by atoms with E-state index in [1.54, 1.807) is 6.20 Å². The van der Waals surface area contributed by atoms with Crippen LogP contribution >= 0.6 is 0 Å². The van der Waals surface area contributed by atoms with Gasteiger partial charge in [0, 0.05) is 45.6 Å². The molecule has 0 saturated heterocycles. The number of fused-ring (bicyclic) bond motifs is 1. The number of rotatable bonds is 6. The fourth-order valence-corrected chi connectivity index (χ4v) is 3.14. The second-order valence-corrected chi connectivity index (χ2v) is 6.40. The summed E-state index contributed by atoms with van der Waals surface area (Å²) in [5.41, 5.74) is 2.75. The first-order chi connectivity index (χ1) is 12.8. The molecular weight excluding hydrogens is 324 g/mol. The third kappa shape index (κ3) is 3.59. The number of benzene rings is 1. The summed E-state index contributed by atoms with van der Waals surface area (Å²) in [7, 11) is 2.03. The highest BCUT2D eigenvalue weighted by atomic mass is 15.2. The lowest BCUT2D eigenvalue weighted by Gasteiger charge is -2.19. The lowest BCUT2D eigenvalue weighted by atomic mass is 10.1. The zero-order chi connectivity index (χ0) is 17.8. The average Bonchev–Trinajstić information content (AvgIpc) is 3.13. The Hall–Kier alpha value is -3.15. The van der Waals surface area contributed by atoms with Crippen LogP contribution in [0.2, 0.25) is 0 Å². The fourth-order valence-electron chi connectivity index (χ4n) is 3.14. The summed E-state index contributed by atoms with van der Waals surface area (Å²) < 4.78 is 0. The monoisotopic (exact) mass is 346 g/mol. The van der Waals surface area contributed by atoms with Crippen molar-refractivity contribution in [1.29, 1.82) is 0 Å². The van der Waals surface area contributed by atoms with Crippen LogP contribution in [-0.2, 0) is 13.1 Å². The van der Waals surface area contributed by atoms with Gasteiger partial charge in [-0.15, -0.1) is 0 Å². The zero-order valence-corrected chi connectivity index (χ0v) is 14.8. The van der Waals surface area contributed by atoms with Gasteiger partial charge in [-0.1, -0.05) is 30.3 Å². The maximum atomic E-state index is 4.68. The van der Waals surface area contributed by atoms with Gasteiger partial charge >= 0.3 is 0 Å². The molecule has 0 fully saturated rings. The lowest BCUT2D eigenvalue weighted by Crippen LogP contribution is -2.26. The van der Waals surface area contributed by atoms with Gasteiger partial charge in [0.1, 0.15) is 11.6 Å². The molecule has 1 aliphatic rings. The summed E-state index contributed by atoms with van der Waals surface area (Å²) in [6, 6.07) is 16.4. The van der Waals surface area contributed by atoms with Gasteiger partial charge in [0.2, 0.25) is 5.95 Å². The third-order valence-corrected chi connectivity index (χ3v) is 4.58. The molecule has 6 nitrogen and oxygen atoms in total. The van der Waals surface area contributed by atoms with Crippen LogP contribution in [0.5, 0.6) is 0 Å².